The molecule has 1 aliphatic heterocycles. The van der Waals surface area contributed by atoms with Crippen LogP contribution in [0, 0.1) is 0 Å². The molecule has 8 nitrogen and oxygen atoms in total. The minimum absolute atomic E-state index is 0.0614. The number of amides is 1. The molecule has 1 aliphatic rings. The Bertz CT molecular complexity index is 1080. The number of anilines is 1. The number of benzene rings is 1. The van der Waals surface area contributed by atoms with E-state index in [1.807, 2.05) is 13.1 Å². The van der Waals surface area contributed by atoms with Crippen molar-refractivity contribution in [1.29, 1.82) is 0 Å². The number of hydrogen-bond acceptors (Lipinski definition) is 5. The number of halogens is 1. The summed E-state index contributed by atoms with van der Waals surface area (Å²) in [5.41, 5.74) is 0.856. The standard InChI is InChI=1S/C20H21ClN6O2/c1-2-26-9-8-17(22-26)20(29)25-12-10-24(11-13-25)18-6-7-19(28)27(23-18)16-5-3-4-15(21)14-16/h3-9,14H,2,10-13H2,1H3. The predicted octanol–water partition coefficient (Wildman–Crippen LogP) is 2.06. The second-order valence-corrected chi connectivity index (χ2v) is 7.19. The lowest BCUT2D eigenvalue weighted by Crippen LogP contribution is -2.49. The first-order valence-electron chi connectivity index (χ1n) is 9.49. The van der Waals surface area contributed by atoms with Crippen molar-refractivity contribution in [1.82, 2.24) is 24.5 Å². The molecule has 0 saturated carbocycles. The molecule has 0 atom stereocenters. The maximum Gasteiger partial charge on any atom is 0.274 e. The van der Waals surface area contributed by atoms with Crippen molar-refractivity contribution in [2.24, 2.45) is 0 Å². The molecular formula is C20H21ClN6O2. The highest BCUT2D eigenvalue weighted by Crippen LogP contribution is 2.16. The highest BCUT2D eigenvalue weighted by molar-refractivity contribution is 6.30. The number of rotatable bonds is 4. The Kier molecular flexibility index (Phi) is 5.35. The molecular weight excluding hydrogens is 392 g/mol. The molecule has 2 aromatic heterocycles. The van der Waals surface area contributed by atoms with Crippen LogP contribution in [-0.4, -0.2) is 56.5 Å². The van der Waals surface area contributed by atoms with Crippen LogP contribution in [0.25, 0.3) is 5.69 Å². The fourth-order valence-corrected chi connectivity index (χ4v) is 3.50. The smallest absolute Gasteiger partial charge is 0.274 e. The number of hydrogen-bond donors (Lipinski definition) is 0. The van der Waals surface area contributed by atoms with Gasteiger partial charge in [-0.25, -0.2) is 0 Å². The first-order chi connectivity index (χ1) is 14.0. The van der Waals surface area contributed by atoms with Crippen LogP contribution >= 0.6 is 11.6 Å². The second kappa shape index (κ2) is 8.08. The lowest BCUT2D eigenvalue weighted by molar-refractivity contribution is 0.0739. The third-order valence-corrected chi connectivity index (χ3v) is 5.15. The highest BCUT2D eigenvalue weighted by atomic mass is 35.5. The lowest BCUT2D eigenvalue weighted by atomic mass is 10.2. The molecule has 29 heavy (non-hydrogen) atoms. The van der Waals surface area contributed by atoms with Gasteiger partial charge >= 0.3 is 0 Å². The van der Waals surface area contributed by atoms with Crippen molar-refractivity contribution >= 4 is 23.3 Å². The Balaban J connectivity index is 1.48. The van der Waals surface area contributed by atoms with Crippen molar-refractivity contribution in [2.45, 2.75) is 13.5 Å². The van der Waals surface area contributed by atoms with E-state index in [4.69, 9.17) is 11.6 Å². The van der Waals surface area contributed by atoms with Crippen molar-refractivity contribution in [3.8, 4) is 5.69 Å². The van der Waals surface area contributed by atoms with Gasteiger partial charge in [-0.1, -0.05) is 17.7 Å². The fraction of sp³-hybridized carbons (Fsp3) is 0.300. The number of aromatic nitrogens is 4. The average molecular weight is 413 g/mol. The van der Waals surface area contributed by atoms with Crippen LogP contribution in [0.4, 0.5) is 5.82 Å². The van der Waals surface area contributed by atoms with E-state index in [9.17, 15) is 9.59 Å². The van der Waals surface area contributed by atoms with Gasteiger partial charge in [-0.3, -0.25) is 14.3 Å². The van der Waals surface area contributed by atoms with E-state index in [0.29, 0.717) is 48.4 Å². The maximum absolute atomic E-state index is 12.6. The van der Waals surface area contributed by atoms with Crippen molar-refractivity contribution in [3.63, 3.8) is 0 Å². The summed E-state index contributed by atoms with van der Waals surface area (Å²) in [6.45, 7) is 5.10. The van der Waals surface area contributed by atoms with E-state index in [-0.39, 0.29) is 11.5 Å². The highest BCUT2D eigenvalue weighted by Gasteiger charge is 2.24. The summed E-state index contributed by atoms with van der Waals surface area (Å²) in [6.07, 6.45) is 1.81. The third kappa shape index (κ3) is 4.02. The normalized spacial score (nSPS) is 14.3. The number of carbonyl (C=O) groups is 1. The van der Waals surface area contributed by atoms with Gasteiger partial charge in [0.25, 0.3) is 11.5 Å². The number of aryl methyl sites for hydroxylation is 1. The molecule has 1 amide bonds. The van der Waals surface area contributed by atoms with Gasteiger partial charge in [0.2, 0.25) is 0 Å². The summed E-state index contributed by atoms with van der Waals surface area (Å²) in [4.78, 5) is 28.8. The monoisotopic (exact) mass is 412 g/mol. The Morgan fingerprint density at radius 1 is 1.07 bits per heavy atom. The predicted molar refractivity (Wildman–Crippen MR) is 111 cm³/mol. The van der Waals surface area contributed by atoms with Gasteiger partial charge in [-0.05, 0) is 37.3 Å². The molecule has 3 heterocycles. The average Bonchev–Trinajstić information content (AvgIpc) is 3.23. The Hall–Kier alpha value is -3.13. The minimum atomic E-state index is -0.226. The first kappa shape index (κ1) is 19.2. The molecule has 0 N–H and O–H groups in total. The number of piperazine rings is 1. The molecule has 1 saturated heterocycles. The van der Waals surface area contributed by atoms with Crippen LogP contribution in [0.1, 0.15) is 17.4 Å². The second-order valence-electron chi connectivity index (χ2n) is 6.76. The molecule has 0 radical (unpaired) electrons. The topological polar surface area (TPSA) is 76.3 Å². The largest absolute Gasteiger partial charge is 0.352 e. The summed E-state index contributed by atoms with van der Waals surface area (Å²) in [5, 5.41) is 9.34. The lowest BCUT2D eigenvalue weighted by Gasteiger charge is -2.35. The molecule has 1 aromatic carbocycles. The van der Waals surface area contributed by atoms with Gasteiger partial charge in [0.1, 0.15) is 11.5 Å². The van der Waals surface area contributed by atoms with Gasteiger partial charge < -0.3 is 9.80 Å². The van der Waals surface area contributed by atoms with Crippen molar-refractivity contribution in [2.75, 3.05) is 31.1 Å². The molecule has 0 bridgehead atoms. The summed E-state index contributed by atoms with van der Waals surface area (Å²) < 4.78 is 3.09. The van der Waals surface area contributed by atoms with E-state index in [1.54, 1.807) is 46.0 Å². The van der Waals surface area contributed by atoms with Crippen LogP contribution in [0.3, 0.4) is 0 Å². The Morgan fingerprint density at radius 3 is 2.55 bits per heavy atom. The minimum Gasteiger partial charge on any atom is -0.352 e. The molecule has 0 spiro atoms. The van der Waals surface area contributed by atoms with Gasteiger partial charge in [0, 0.05) is 50.0 Å². The van der Waals surface area contributed by atoms with Gasteiger partial charge in [0.05, 0.1) is 5.69 Å². The van der Waals surface area contributed by atoms with E-state index in [2.05, 4.69) is 15.1 Å². The van der Waals surface area contributed by atoms with Gasteiger partial charge in [-0.15, -0.1) is 5.10 Å². The number of nitrogens with zero attached hydrogens (tertiary/aromatic N) is 6. The summed E-state index contributed by atoms with van der Waals surface area (Å²) >= 11 is 6.04. The number of carbonyl (C=O) groups excluding carboxylic acids is 1. The van der Waals surface area contributed by atoms with Gasteiger partial charge in [0.15, 0.2) is 0 Å². The molecule has 0 unspecified atom stereocenters. The van der Waals surface area contributed by atoms with Crippen LogP contribution in [0.5, 0.6) is 0 Å². The molecule has 0 aliphatic carbocycles. The third-order valence-electron chi connectivity index (χ3n) is 4.91. The Morgan fingerprint density at radius 2 is 1.86 bits per heavy atom. The zero-order valence-electron chi connectivity index (χ0n) is 16.0. The SMILES string of the molecule is CCn1ccc(C(=O)N2CCN(c3ccc(=O)n(-c4cccc(Cl)c4)n3)CC2)n1. The molecule has 9 heteroatoms. The van der Waals surface area contributed by atoms with E-state index < -0.39 is 0 Å². The van der Waals surface area contributed by atoms with Crippen molar-refractivity contribution < 1.29 is 4.79 Å². The molecule has 150 valence electrons. The molecule has 4 rings (SSSR count). The van der Waals surface area contributed by atoms with E-state index in [0.717, 1.165) is 6.54 Å². The summed E-state index contributed by atoms with van der Waals surface area (Å²) in [5.74, 6) is 0.626. The van der Waals surface area contributed by atoms with E-state index in [1.165, 1.54) is 10.7 Å². The molecule has 3 aromatic rings. The molecule has 1 fully saturated rings. The fourth-order valence-electron chi connectivity index (χ4n) is 3.32. The quantitative estimate of drug-likeness (QED) is 0.655. The van der Waals surface area contributed by atoms with Crippen LogP contribution in [0.15, 0.2) is 53.5 Å². The van der Waals surface area contributed by atoms with Crippen molar-refractivity contribution in [3.05, 3.63) is 69.7 Å². The maximum atomic E-state index is 12.6. The van der Waals surface area contributed by atoms with Crippen LogP contribution in [-0.2, 0) is 6.54 Å². The first-order valence-corrected chi connectivity index (χ1v) is 9.87. The van der Waals surface area contributed by atoms with Gasteiger partial charge in [-0.2, -0.15) is 9.78 Å². The van der Waals surface area contributed by atoms with Crippen LogP contribution in [0.2, 0.25) is 5.02 Å². The van der Waals surface area contributed by atoms with Crippen LogP contribution < -0.4 is 10.5 Å². The van der Waals surface area contributed by atoms with E-state index >= 15 is 0 Å². The summed E-state index contributed by atoms with van der Waals surface area (Å²) in [6, 6.07) is 12.0. The summed E-state index contributed by atoms with van der Waals surface area (Å²) in [7, 11) is 0. The zero-order chi connectivity index (χ0) is 20.4. The Labute approximate surface area is 172 Å². The zero-order valence-corrected chi connectivity index (χ0v) is 16.8.